The summed E-state index contributed by atoms with van der Waals surface area (Å²) in [7, 11) is -3.14. The number of sulfone groups is 1. The van der Waals surface area contributed by atoms with Crippen molar-refractivity contribution in [3.05, 3.63) is 41.5 Å². The first-order chi connectivity index (χ1) is 8.58. The minimum absolute atomic E-state index is 0.165. The topological polar surface area (TPSA) is 34.1 Å². The Labute approximate surface area is 109 Å². The summed E-state index contributed by atoms with van der Waals surface area (Å²) in [5.41, 5.74) is 2.49. The SMILES string of the molecule is Cc1ccc(S(=O)(=O)CC=C2C3CCCC23)cc1. The van der Waals surface area contributed by atoms with E-state index in [1.165, 1.54) is 24.8 Å². The molecule has 3 heteroatoms. The predicted molar refractivity (Wildman–Crippen MR) is 72.1 cm³/mol. The zero-order chi connectivity index (χ0) is 12.8. The highest BCUT2D eigenvalue weighted by molar-refractivity contribution is 7.91. The van der Waals surface area contributed by atoms with Crippen molar-refractivity contribution in [3.8, 4) is 0 Å². The second-order valence-electron chi connectivity index (χ2n) is 5.44. The molecule has 18 heavy (non-hydrogen) atoms. The fourth-order valence-corrected chi connectivity index (χ4v) is 4.20. The van der Waals surface area contributed by atoms with Crippen LogP contribution in [0.15, 0.2) is 40.8 Å². The molecule has 0 heterocycles. The summed E-state index contributed by atoms with van der Waals surface area (Å²) in [6.45, 7) is 1.96. The molecule has 96 valence electrons. The van der Waals surface area contributed by atoms with E-state index in [1.807, 2.05) is 25.1 Å². The molecular formula is C15H18O2S. The monoisotopic (exact) mass is 262 g/mol. The minimum Gasteiger partial charge on any atom is -0.223 e. The van der Waals surface area contributed by atoms with E-state index in [0.29, 0.717) is 4.90 Å². The molecule has 2 atom stereocenters. The summed E-state index contributed by atoms with van der Waals surface area (Å²) >= 11 is 0. The van der Waals surface area contributed by atoms with Crippen LogP contribution in [0.25, 0.3) is 0 Å². The lowest BCUT2D eigenvalue weighted by Crippen LogP contribution is -2.04. The normalized spacial score (nSPS) is 25.9. The van der Waals surface area contributed by atoms with E-state index in [1.54, 1.807) is 12.1 Å². The van der Waals surface area contributed by atoms with Gasteiger partial charge in [0.05, 0.1) is 10.6 Å². The molecule has 0 amide bonds. The van der Waals surface area contributed by atoms with Crippen LogP contribution in [0.5, 0.6) is 0 Å². The van der Waals surface area contributed by atoms with Crippen LogP contribution in [0, 0.1) is 18.8 Å². The quantitative estimate of drug-likeness (QED) is 0.784. The third-order valence-electron chi connectivity index (χ3n) is 4.18. The smallest absolute Gasteiger partial charge is 0.181 e. The fourth-order valence-electron chi connectivity index (χ4n) is 3.05. The second-order valence-corrected chi connectivity index (χ2v) is 7.48. The molecule has 2 saturated carbocycles. The summed E-state index contributed by atoms with van der Waals surface area (Å²) in [5, 5.41) is 0. The molecule has 0 bridgehead atoms. The van der Waals surface area contributed by atoms with Crippen LogP contribution in [0.2, 0.25) is 0 Å². The summed E-state index contributed by atoms with van der Waals surface area (Å²) in [6, 6.07) is 7.12. The molecule has 2 nitrogen and oxygen atoms in total. The van der Waals surface area contributed by atoms with Gasteiger partial charge in [0, 0.05) is 0 Å². The summed E-state index contributed by atoms with van der Waals surface area (Å²) < 4.78 is 24.3. The van der Waals surface area contributed by atoms with E-state index in [-0.39, 0.29) is 5.75 Å². The highest BCUT2D eigenvalue weighted by atomic mass is 32.2. The number of aryl methyl sites for hydroxylation is 1. The number of fused-ring (bicyclic) bond motifs is 1. The van der Waals surface area contributed by atoms with Gasteiger partial charge < -0.3 is 0 Å². The van der Waals surface area contributed by atoms with E-state index in [0.717, 1.165) is 17.4 Å². The molecule has 0 aliphatic heterocycles. The largest absolute Gasteiger partial charge is 0.223 e. The fraction of sp³-hybridized carbons (Fsp3) is 0.467. The van der Waals surface area contributed by atoms with Crippen LogP contribution in [0.3, 0.4) is 0 Å². The average molecular weight is 262 g/mol. The summed E-state index contributed by atoms with van der Waals surface area (Å²) in [5.74, 6) is 1.61. The molecule has 0 radical (unpaired) electrons. The predicted octanol–water partition coefficient (Wildman–Crippen LogP) is 3.13. The van der Waals surface area contributed by atoms with Gasteiger partial charge in [0.15, 0.2) is 9.84 Å². The number of hydrogen-bond acceptors (Lipinski definition) is 2. The Hall–Kier alpha value is -1.09. The van der Waals surface area contributed by atoms with E-state index < -0.39 is 9.84 Å². The van der Waals surface area contributed by atoms with Crippen molar-refractivity contribution >= 4 is 9.84 Å². The van der Waals surface area contributed by atoms with E-state index >= 15 is 0 Å². The Morgan fingerprint density at radius 3 is 2.39 bits per heavy atom. The molecule has 2 aliphatic rings. The summed E-state index contributed by atoms with van der Waals surface area (Å²) in [4.78, 5) is 0.441. The second kappa shape index (κ2) is 4.23. The van der Waals surface area contributed by atoms with E-state index in [2.05, 4.69) is 0 Å². The van der Waals surface area contributed by atoms with Crippen LogP contribution < -0.4 is 0 Å². The van der Waals surface area contributed by atoms with Gasteiger partial charge >= 0.3 is 0 Å². The van der Waals surface area contributed by atoms with Gasteiger partial charge in [-0.25, -0.2) is 8.42 Å². The molecule has 2 aliphatic carbocycles. The maximum Gasteiger partial charge on any atom is 0.181 e. The van der Waals surface area contributed by atoms with Crippen LogP contribution in [-0.4, -0.2) is 14.2 Å². The first-order valence-corrected chi connectivity index (χ1v) is 8.22. The van der Waals surface area contributed by atoms with Crippen LogP contribution in [0.4, 0.5) is 0 Å². The van der Waals surface area contributed by atoms with Gasteiger partial charge in [-0.2, -0.15) is 0 Å². The van der Waals surface area contributed by atoms with Gasteiger partial charge in [0.1, 0.15) is 0 Å². The first-order valence-electron chi connectivity index (χ1n) is 6.57. The van der Waals surface area contributed by atoms with Crippen LogP contribution in [0.1, 0.15) is 24.8 Å². The van der Waals surface area contributed by atoms with Crippen molar-refractivity contribution in [2.24, 2.45) is 11.8 Å². The van der Waals surface area contributed by atoms with E-state index in [9.17, 15) is 8.42 Å². The zero-order valence-electron chi connectivity index (χ0n) is 10.6. The van der Waals surface area contributed by atoms with E-state index in [4.69, 9.17) is 0 Å². The van der Waals surface area contributed by atoms with Gasteiger partial charge in [-0.3, -0.25) is 0 Å². The molecule has 0 spiro atoms. The summed E-state index contributed by atoms with van der Waals surface area (Å²) in [6.07, 6.45) is 5.81. The lowest BCUT2D eigenvalue weighted by atomic mass is 10.2. The molecule has 0 N–H and O–H groups in total. The van der Waals surface area contributed by atoms with Gasteiger partial charge in [0.2, 0.25) is 0 Å². The Kier molecular flexibility index (Phi) is 2.81. The molecule has 1 aromatic carbocycles. The van der Waals surface area contributed by atoms with Crippen molar-refractivity contribution in [2.75, 3.05) is 5.75 Å². The standard InChI is InChI=1S/C15H18O2S/c1-11-5-7-12(8-6-11)18(16,17)10-9-15-13-3-2-4-14(13)15/h5-9,13-14H,2-4,10H2,1H3. The van der Waals surface area contributed by atoms with Gasteiger partial charge in [-0.15, -0.1) is 0 Å². The maximum atomic E-state index is 12.2. The third kappa shape index (κ3) is 2.12. The molecule has 3 rings (SSSR count). The minimum atomic E-state index is -3.14. The Morgan fingerprint density at radius 1 is 1.17 bits per heavy atom. The van der Waals surface area contributed by atoms with Gasteiger partial charge in [-0.05, 0) is 43.7 Å². The van der Waals surface area contributed by atoms with Crippen LogP contribution >= 0.6 is 0 Å². The first kappa shape index (κ1) is 12.0. The van der Waals surface area contributed by atoms with Crippen LogP contribution in [-0.2, 0) is 9.84 Å². The number of benzene rings is 1. The zero-order valence-corrected chi connectivity index (χ0v) is 11.4. The lowest BCUT2D eigenvalue weighted by Gasteiger charge is -2.02. The van der Waals surface area contributed by atoms with Crippen molar-refractivity contribution in [2.45, 2.75) is 31.1 Å². The molecule has 0 aromatic heterocycles. The number of allylic oxidation sites excluding steroid dienone is 1. The Balaban J connectivity index is 1.74. The third-order valence-corrected chi connectivity index (χ3v) is 5.78. The maximum absolute atomic E-state index is 12.2. The molecular weight excluding hydrogens is 244 g/mol. The molecule has 2 fully saturated rings. The molecule has 1 aromatic rings. The van der Waals surface area contributed by atoms with Crippen molar-refractivity contribution in [1.29, 1.82) is 0 Å². The van der Waals surface area contributed by atoms with Gasteiger partial charge in [0.25, 0.3) is 0 Å². The van der Waals surface area contributed by atoms with Crippen molar-refractivity contribution in [1.82, 2.24) is 0 Å². The number of rotatable bonds is 3. The molecule has 0 saturated heterocycles. The average Bonchev–Trinajstić information content (AvgIpc) is 2.78. The van der Waals surface area contributed by atoms with Crippen molar-refractivity contribution < 1.29 is 8.42 Å². The lowest BCUT2D eigenvalue weighted by molar-refractivity contribution is 0.599. The highest BCUT2D eigenvalue weighted by Gasteiger charge is 2.46. The Bertz CT molecular complexity index is 569. The highest BCUT2D eigenvalue weighted by Crippen LogP contribution is 2.56. The van der Waals surface area contributed by atoms with Gasteiger partial charge in [-0.1, -0.05) is 35.8 Å². The van der Waals surface area contributed by atoms with Crippen molar-refractivity contribution in [3.63, 3.8) is 0 Å². The molecule has 2 unspecified atom stereocenters. The number of hydrogen-bond donors (Lipinski definition) is 0. The Morgan fingerprint density at radius 2 is 1.78 bits per heavy atom.